The molecule has 1 unspecified atom stereocenters. The predicted octanol–water partition coefficient (Wildman–Crippen LogP) is 3.06. The second-order valence-electron chi connectivity index (χ2n) is 7.40. The summed E-state index contributed by atoms with van der Waals surface area (Å²) in [5.74, 6) is -0.805. The van der Waals surface area contributed by atoms with Crippen molar-refractivity contribution >= 4 is 17.5 Å². The van der Waals surface area contributed by atoms with E-state index < -0.39 is 11.8 Å². The highest BCUT2D eigenvalue weighted by Gasteiger charge is 2.28. The molecule has 0 aromatic heterocycles. The van der Waals surface area contributed by atoms with Gasteiger partial charge in [-0.3, -0.25) is 9.59 Å². The fourth-order valence-electron chi connectivity index (χ4n) is 3.63. The normalized spacial score (nSPS) is 14.9. The number of halogens is 1. The monoisotopic (exact) mass is 413 g/mol. The van der Waals surface area contributed by atoms with Crippen LogP contribution < -0.4 is 15.0 Å². The average molecular weight is 413 g/mol. The fourth-order valence-corrected chi connectivity index (χ4v) is 3.63. The maximum atomic E-state index is 14.0. The van der Waals surface area contributed by atoms with Crippen molar-refractivity contribution in [3.05, 3.63) is 59.4 Å². The third kappa shape index (κ3) is 4.90. The Morgan fingerprint density at radius 1 is 1.13 bits per heavy atom. The average Bonchev–Trinajstić information content (AvgIpc) is 2.75. The van der Waals surface area contributed by atoms with Crippen molar-refractivity contribution in [2.24, 2.45) is 0 Å². The number of aryl methyl sites for hydroxylation is 1. The van der Waals surface area contributed by atoms with E-state index >= 15 is 0 Å². The Morgan fingerprint density at radius 3 is 2.50 bits per heavy atom. The summed E-state index contributed by atoms with van der Waals surface area (Å²) < 4.78 is 19.6. The molecule has 0 radical (unpaired) electrons. The molecule has 0 saturated carbocycles. The number of hydrogen-bond donors (Lipinski definition) is 1. The van der Waals surface area contributed by atoms with E-state index in [4.69, 9.17) is 4.74 Å². The first-order valence-electron chi connectivity index (χ1n) is 10.2. The number of carbonyl (C=O) groups is 2. The van der Waals surface area contributed by atoms with Gasteiger partial charge in [-0.15, -0.1) is 0 Å². The number of ether oxygens (including phenoxy) is 1. The van der Waals surface area contributed by atoms with Crippen LogP contribution in [0.15, 0.2) is 42.5 Å². The third-order valence-corrected chi connectivity index (χ3v) is 5.23. The van der Waals surface area contributed by atoms with Gasteiger partial charge in [-0.2, -0.15) is 0 Å². The van der Waals surface area contributed by atoms with Crippen molar-refractivity contribution in [2.45, 2.75) is 26.8 Å². The van der Waals surface area contributed by atoms with Gasteiger partial charge < -0.3 is 19.9 Å². The molecule has 6 nitrogen and oxygen atoms in total. The van der Waals surface area contributed by atoms with Crippen LogP contribution in [0.4, 0.5) is 10.1 Å². The Morgan fingerprint density at radius 2 is 1.83 bits per heavy atom. The zero-order valence-electron chi connectivity index (χ0n) is 17.7. The third-order valence-electron chi connectivity index (χ3n) is 5.23. The van der Waals surface area contributed by atoms with E-state index in [0.717, 1.165) is 11.1 Å². The van der Waals surface area contributed by atoms with Gasteiger partial charge in [0.05, 0.1) is 18.3 Å². The topological polar surface area (TPSA) is 61.9 Å². The molecule has 2 aromatic carbocycles. The molecule has 2 amide bonds. The lowest BCUT2D eigenvalue weighted by molar-refractivity contribution is -0.146. The molecule has 0 spiro atoms. The lowest BCUT2D eigenvalue weighted by atomic mass is 10.0. The lowest BCUT2D eigenvalue weighted by Gasteiger charge is -2.36. The largest absolute Gasteiger partial charge is 0.494 e. The molecule has 30 heavy (non-hydrogen) atoms. The van der Waals surface area contributed by atoms with E-state index in [2.05, 4.69) is 5.32 Å². The first-order valence-corrected chi connectivity index (χ1v) is 10.2. The number of nitrogens with one attached hydrogen (secondary N) is 1. The molecule has 1 aliphatic heterocycles. The molecule has 1 saturated heterocycles. The minimum Gasteiger partial charge on any atom is -0.494 e. The summed E-state index contributed by atoms with van der Waals surface area (Å²) in [6, 6.07) is 12.0. The van der Waals surface area contributed by atoms with Gasteiger partial charge in [0.15, 0.2) is 0 Å². The van der Waals surface area contributed by atoms with Gasteiger partial charge in [-0.1, -0.05) is 29.8 Å². The van der Waals surface area contributed by atoms with Crippen LogP contribution in [-0.4, -0.2) is 49.5 Å². The zero-order valence-corrected chi connectivity index (χ0v) is 17.7. The highest BCUT2D eigenvalue weighted by Crippen LogP contribution is 2.26. The quantitative estimate of drug-likeness (QED) is 0.766. The van der Waals surface area contributed by atoms with E-state index in [1.54, 1.807) is 18.2 Å². The minimum atomic E-state index is -0.647. The van der Waals surface area contributed by atoms with Crippen LogP contribution in [0.3, 0.4) is 0 Å². The van der Waals surface area contributed by atoms with Crippen molar-refractivity contribution in [3.8, 4) is 5.75 Å². The highest BCUT2D eigenvalue weighted by molar-refractivity contribution is 6.35. The van der Waals surface area contributed by atoms with E-state index in [9.17, 15) is 14.0 Å². The van der Waals surface area contributed by atoms with Crippen molar-refractivity contribution in [1.82, 2.24) is 10.2 Å². The Hall–Kier alpha value is -3.09. The number of anilines is 1. The molecule has 1 atom stereocenters. The number of rotatable bonds is 5. The van der Waals surface area contributed by atoms with Crippen LogP contribution in [0.25, 0.3) is 0 Å². The summed E-state index contributed by atoms with van der Waals surface area (Å²) in [4.78, 5) is 28.6. The van der Waals surface area contributed by atoms with E-state index in [1.807, 2.05) is 43.9 Å². The summed E-state index contributed by atoms with van der Waals surface area (Å²) in [6.07, 6.45) is 0. The molecule has 1 fully saturated rings. The SMILES string of the molecule is CCOc1ccc(C)cc1C(C)NC(=O)C(=O)N1CCN(c2ccccc2F)CC1. The minimum absolute atomic E-state index is 0.285. The second-order valence-corrected chi connectivity index (χ2v) is 7.40. The Labute approximate surface area is 176 Å². The maximum absolute atomic E-state index is 14.0. The molecule has 7 heteroatoms. The van der Waals surface area contributed by atoms with Gasteiger partial charge in [0.2, 0.25) is 0 Å². The van der Waals surface area contributed by atoms with Gasteiger partial charge in [-0.05, 0) is 39.0 Å². The van der Waals surface area contributed by atoms with E-state index in [1.165, 1.54) is 11.0 Å². The molecular weight excluding hydrogens is 385 g/mol. The summed E-state index contributed by atoms with van der Waals surface area (Å²) in [7, 11) is 0. The first kappa shape index (κ1) is 21.6. The van der Waals surface area contributed by atoms with Crippen LogP contribution in [0.5, 0.6) is 5.75 Å². The molecule has 2 aromatic rings. The Bertz CT molecular complexity index is 910. The van der Waals surface area contributed by atoms with Crippen molar-refractivity contribution in [1.29, 1.82) is 0 Å². The highest BCUT2D eigenvalue weighted by atomic mass is 19.1. The van der Waals surface area contributed by atoms with Gasteiger partial charge in [0.1, 0.15) is 11.6 Å². The summed E-state index contributed by atoms with van der Waals surface area (Å²) in [6.45, 7) is 7.89. The first-order chi connectivity index (χ1) is 14.4. The molecule has 1 aliphatic rings. The summed E-state index contributed by atoms with van der Waals surface area (Å²) >= 11 is 0. The second kappa shape index (κ2) is 9.61. The number of nitrogens with zero attached hydrogens (tertiary/aromatic N) is 2. The van der Waals surface area contributed by atoms with Crippen molar-refractivity contribution < 1.29 is 18.7 Å². The van der Waals surface area contributed by atoms with Crippen LogP contribution in [-0.2, 0) is 9.59 Å². The number of hydrogen-bond acceptors (Lipinski definition) is 4. The molecular formula is C23H28FN3O3. The summed E-state index contributed by atoms with van der Waals surface area (Å²) in [5, 5.41) is 2.79. The smallest absolute Gasteiger partial charge is 0.312 e. The van der Waals surface area contributed by atoms with Crippen LogP contribution in [0, 0.1) is 12.7 Å². The number of para-hydroxylation sites is 1. The molecule has 3 rings (SSSR count). The Balaban J connectivity index is 1.60. The van der Waals surface area contributed by atoms with Crippen LogP contribution >= 0.6 is 0 Å². The van der Waals surface area contributed by atoms with Crippen LogP contribution in [0.2, 0.25) is 0 Å². The van der Waals surface area contributed by atoms with Crippen LogP contribution in [0.1, 0.15) is 31.0 Å². The Kier molecular flexibility index (Phi) is 6.92. The number of benzene rings is 2. The van der Waals surface area contributed by atoms with Gasteiger partial charge >= 0.3 is 11.8 Å². The molecule has 0 aliphatic carbocycles. The number of carbonyl (C=O) groups excluding carboxylic acids is 2. The van der Waals surface area contributed by atoms with E-state index in [0.29, 0.717) is 44.2 Å². The standard InChI is InChI=1S/C23H28FN3O3/c1-4-30-21-10-9-16(2)15-18(21)17(3)25-22(28)23(29)27-13-11-26(12-14-27)20-8-6-5-7-19(20)24/h5-10,15,17H,4,11-14H2,1-3H3,(H,25,28). The summed E-state index contributed by atoms with van der Waals surface area (Å²) in [5.41, 5.74) is 2.40. The van der Waals surface area contributed by atoms with Crippen molar-refractivity contribution in [2.75, 3.05) is 37.7 Å². The molecule has 1 N–H and O–H groups in total. The molecule has 0 bridgehead atoms. The van der Waals surface area contributed by atoms with E-state index in [-0.39, 0.29) is 11.9 Å². The number of amides is 2. The number of piperazine rings is 1. The molecule has 160 valence electrons. The zero-order chi connectivity index (χ0) is 21.7. The fraction of sp³-hybridized carbons (Fsp3) is 0.391. The predicted molar refractivity (Wildman–Crippen MR) is 114 cm³/mol. The molecule has 1 heterocycles. The van der Waals surface area contributed by atoms with Gasteiger partial charge in [0, 0.05) is 31.7 Å². The van der Waals surface area contributed by atoms with Gasteiger partial charge in [0.25, 0.3) is 0 Å². The lowest BCUT2D eigenvalue weighted by Crippen LogP contribution is -2.53. The van der Waals surface area contributed by atoms with Gasteiger partial charge in [-0.25, -0.2) is 4.39 Å². The van der Waals surface area contributed by atoms with Crippen molar-refractivity contribution in [3.63, 3.8) is 0 Å². The maximum Gasteiger partial charge on any atom is 0.312 e.